The van der Waals surface area contributed by atoms with Crippen molar-refractivity contribution in [2.45, 2.75) is 18.6 Å². The molecule has 0 spiro atoms. The largest absolute Gasteiger partial charge is 0.418 e. The predicted octanol–water partition coefficient (Wildman–Crippen LogP) is 1.53. The number of alkyl halides is 5. The highest BCUT2D eigenvalue weighted by molar-refractivity contribution is 5.97. The van der Waals surface area contributed by atoms with Crippen molar-refractivity contribution in [3.05, 3.63) is 23.8 Å². The van der Waals surface area contributed by atoms with Crippen LogP contribution in [0.25, 0.3) is 0 Å². The van der Waals surface area contributed by atoms with Gasteiger partial charge in [-0.15, -0.1) is 0 Å². The third kappa shape index (κ3) is 5.84. The standard InChI is InChI=1S/C17H21F5N4O3/c1-25(8-14(18)19)13(7-23)16(28)24-12-3-2-10(6-11(12)17(20,21)22)26-4-5-29-9-15(26)27/h2-3,6,13-14H,4-5,7-9,23H2,1H3,(H,24,28)/t13-/m0/s1. The van der Waals surface area contributed by atoms with Crippen molar-refractivity contribution < 1.29 is 36.3 Å². The van der Waals surface area contributed by atoms with Crippen LogP contribution < -0.4 is 16.0 Å². The molecular formula is C17H21F5N4O3. The predicted molar refractivity (Wildman–Crippen MR) is 94.7 cm³/mol. The van der Waals surface area contributed by atoms with Crippen LogP contribution in [0.15, 0.2) is 18.2 Å². The first kappa shape index (κ1) is 23.0. The van der Waals surface area contributed by atoms with Gasteiger partial charge in [-0.25, -0.2) is 8.78 Å². The van der Waals surface area contributed by atoms with E-state index in [4.69, 9.17) is 10.5 Å². The minimum Gasteiger partial charge on any atom is -0.370 e. The Morgan fingerprint density at radius 1 is 1.38 bits per heavy atom. The third-order valence-electron chi connectivity index (χ3n) is 4.35. The van der Waals surface area contributed by atoms with Gasteiger partial charge in [0.25, 0.3) is 12.3 Å². The Hall–Kier alpha value is -2.31. The summed E-state index contributed by atoms with van der Waals surface area (Å²) in [5.74, 6) is -1.44. The first-order valence-corrected chi connectivity index (χ1v) is 8.63. The van der Waals surface area contributed by atoms with E-state index in [2.05, 4.69) is 5.32 Å². The molecular weight excluding hydrogens is 403 g/mol. The summed E-state index contributed by atoms with van der Waals surface area (Å²) < 4.78 is 70.7. The SMILES string of the molecule is CN(CC(F)F)[C@@H](CN)C(=O)Nc1ccc(N2CCOCC2=O)cc1C(F)(F)F. The maximum atomic E-state index is 13.5. The van der Waals surface area contributed by atoms with E-state index in [1.54, 1.807) is 0 Å². The van der Waals surface area contributed by atoms with Crippen LogP contribution in [-0.4, -0.2) is 69.1 Å². The van der Waals surface area contributed by atoms with Crippen LogP contribution in [0.1, 0.15) is 5.56 Å². The summed E-state index contributed by atoms with van der Waals surface area (Å²) in [4.78, 5) is 26.4. The van der Waals surface area contributed by atoms with Crippen LogP contribution >= 0.6 is 0 Å². The lowest BCUT2D eigenvalue weighted by molar-refractivity contribution is -0.137. The van der Waals surface area contributed by atoms with E-state index >= 15 is 0 Å². The van der Waals surface area contributed by atoms with E-state index in [9.17, 15) is 31.5 Å². The molecule has 162 valence electrons. The van der Waals surface area contributed by atoms with Crippen LogP contribution in [0, 0.1) is 0 Å². The van der Waals surface area contributed by atoms with Crippen molar-refractivity contribution in [2.75, 3.05) is 50.1 Å². The van der Waals surface area contributed by atoms with Crippen molar-refractivity contribution in [3.63, 3.8) is 0 Å². The smallest absolute Gasteiger partial charge is 0.370 e. The molecule has 0 aromatic heterocycles. The number of nitrogens with two attached hydrogens (primary N) is 1. The molecule has 0 aliphatic carbocycles. The molecule has 1 fully saturated rings. The fourth-order valence-electron chi connectivity index (χ4n) is 2.88. The number of amides is 2. The number of hydrogen-bond acceptors (Lipinski definition) is 5. The first-order chi connectivity index (χ1) is 13.5. The zero-order valence-electron chi connectivity index (χ0n) is 15.5. The van der Waals surface area contributed by atoms with E-state index in [0.29, 0.717) is 0 Å². The van der Waals surface area contributed by atoms with Crippen LogP contribution in [0.3, 0.4) is 0 Å². The lowest BCUT2D eigenvalue weighted by atomic mass is 10.1. The topological polar surface area (TPSA) is 87.9 Å². The monoisotopic (exact) mass is 424 g/mol. The van der Waals surface area contributed by atoms with E-state index in [1.165, 1.54) is 13.1 Å². The number of morpholine rings is 1. The first-order valence-electron chi connectivity index (χ1n) is 8.63. The highest BCUT2D eigenvalue weighted by Crippen LogP contribution is 2.37. The summed E-state index contributed by atoms with van der Waals surface area (Å²) in [6, 6.07) is 1.78. The number of benzene rings is 1. The van der Waals surface area contributed by atoms with Crippen molar-refractivity contribution in [3.8, 4) is 0 Å². The number of rotatable bonds is 7. The summed E-state index contributed by atoms with van der Waals surface area (Å²) >= 11 is 0. The molecule has 0 unspecified atom stereocenters. The molecule has 1 saturated heterocycles. The van der Waals surface area contributed by atoms with Gasteiger partial charge in [-0.2, -0.15) is 13.2 Å². The second kappa shape index (κ2) is 9.46. The number of nitrogens with zero attached hydrogens (tertiary/aromatic N) is 2. The van der Waals surface area contributed by atoms with Gasteiger partial charge in [-0.1, -0.05) is 0 Å². The molecule has 0 saturated carbocycles. The van der Waals surface area contributed by atoms with Gasteiger partial charge in [0, 0.05) is 18.8 Å². The van der Waals surface area contributed by atoms with Crippen molar-refractivity contribution in [1.82, 2.24) is 4.90 Å². The van der Waals surface area contributed by atoms with Gasteiger partial charge in [-0.3, -0.25) is 14.5 Å². The van der Waals surface area contributed by atoms with Gasteiger partial charge >= 0.3 is 6.18 Å². The van der Waals surface area contributed by atoms with E-state index in [1.807, 2.05) is 0 Å². The van der Waals surface area contributed by atoms with Crippen molar-refractivity contribution in [1.29, 1.82) is 0 Å². The number of likely N-dealkylation sites (N-methyl/N-ethyl adjacent to an activating group) is 1. The van der Waals surface area contributed by atoms with Crippen molar-refractivity contribution in [2.24, 2.45) is 5.73 Å². The summed E-state index contributed by atoms with van der Waals surface area (Å²) in [6.45, 7) is -1.10. The second-order valence-electron chi connectivity index (χ2n) is 6.40. The number of carbonyl (C=O) groups is 2. The molecule has 3 N–H and O–H groups in total. The third-order valence-corrected chi connectivity index (χ3v) is 4.35. The number of hydrogen-bond donors (Lipinski definition) is 2. The molecule has 0 bridgehead atoms. The Morgan fingerprint density at radius 3 is 2.62 bits per heavy atom. The summed E-state index contributed by atoms with van der Waals surface area (Å²) in [5.41, 5.74) is 3.72. The van der Waals surface area contributed by atoms with Crippen LogP contribution in [0.5, 0.6) is 0 Å². The molecule has 0 radical (unpaired) electrons. The normalized spacial score (nSPS) is 16.4. The highest BCUT2D eigenvalue weighted by Gasteiger charge is 2.36. The lowest BCUT2D eigenvalue weighted by Gasteiger charge is -2.28. The van der Waals surface area contributed by atoms with Crippen LogP contribution in [-0.2, 0) is 20.5 Å². The van der Waals surface area contributed by atoms with Gasteiger partial charge in [-0.05, 0) is 25.2 Å². The quantitative estimate of drug-likeness (QED) is 0.649. The number of ether oxygens (including phenoxy) is 1. The van der Waals surface area contributed by atoms with Crippen molar-refractivity contribution >= 4 is 23.2 Å². The lowest BCUT2D eigenvalue weighted by Crippen LogP contribution is -2.48. The second-order valence-corrected chi connectivity index (χ2v) is 6.40. The van der Waals surface area contributed by atoms with E-state index < -0.39 is 48.3 Å². The number of carbonyl (C=O) groups excluding carboxylic acids is 2. The molecule has 1 heterocycles. The zero-order chi connectivity index (χ0) is 21.8. The molecule has 2 amide bonds. The summed E-state index contributed by atoms with van der Waals surface area (Å²) in [6.07, 6.45) is -7.57. The highest BCUT2D eigenvalue weighted by atomic mass is 19.4. The van der Waals surface area contributed by atoms with Crippen LogP contribution in [0.4, 0.5) is 33.3 Å². The van der Waals surface area contributed by atoms with Gasteiger partial charge in [0.05, 0.1) is 24.4 Å². The molecule has 1 aromatic rings. The minimum absolute atomic E-state index is 0.00816. The molecule has 29 heavy (non-hydrogen) atoms. The summed E-state index contributed by atoms with van der Waals surface area (Å²) in [7, 11) is 1.22. The molecule has 1 aliphatic rings. The average molecular weight is 424 g/mol. The molecule has 1 aliphatic heterocycles. The average Bonchev–Trinajstić information content (AvgIpc) is 2.61. The van der Waals surface area contributed by atoms with Gasteiger partial charge in [0.2, 0.25) is 5.91 Å². The molecule has 7 nitrogen and oxygen atoms in total. The van der Waals surface area contributed by atoms with Gasteiger partial charge in [0.15, 0.2) is 0 Å². The number of halogens is 5. The Labute approximate surface area is 163 Å². The van der Waals surface area contributed by atoms with E-state index in [0.717, 1.165) is 21.9 Å². The fraction of sp³-hybridized carbons (Fsp3) is 0.529. The number of anilines is 2. The molecule has 2 rings (SSSR count). The maximum Gasteiger partial charge on any atom is 0.418 e. The van der Waals surface area contributed by atoms with Gasteiger partial charge in [0.1, 0.15) is 12.6 Å². The Kier molecular flexibility index (Phi) is 7.49. The van der Waals surface area contributed by atoms with E-state index in [-0.39, 0.29) is 32.0 Å². The Bertz CT molecular complexity index is 744. The van der Waals surface area contributed by atoms with Gasteiger partial charge < -0.3 is 20.7 Å². The Morgan fingerprint density at radius 2 is 2.07 bits per heavy atom. The van der Waals surface area contributed by atoms with Crippen LogP contribution in [0.2, 0.25) is 0 Å². The zero-order valence-corrected chi connectivity index (χ0v) is 15.5. The molecule has 12 heteroatoms. The molecule has 1 atom stereocenters. The maximum absolute atomic E-state index is 13.5. The number of nitrogens with one attached hydrogen (secondary N) is 1. The fourth-order valence-corrected chi connectivity index (χ4v) is 2.88. The molecule has 1 aromatic carbocycles. The summed E-state index contributed by atoms with van der Waals surface area (Å²) in [5, 5.41) is 2.11. The minimum atomic E-state index is -4.83. The Balaban J connectivity index is 2.29.